The number of carbonyl (C=O) groups excluding carboxylic acids is 2. The summed E-state index contributed by atoms with van der Waals surface area (Å²) in [5.74, 6) is 0.394. The first-order valence-corrected chi connectivity index (χ1v) is 8.81. The van der Waals surface area contributed by atoms with E-state index in [4.69, 9.17) is 9.47 Å². The molecule has 1 aromatic rings. The molecule has 0 bridgehead atoms. The molecule has 1 aromatic carbocycles. The van der Waals surface area contributed by atoms with Gasteiger partial charge >= 0.3 is 0 Å². The third kappa shape index (κ3) is 7.64. The average molecular weight is 402 g/mol. The van der Waals surface area contributed by atoms with Crippen LogP contribution in [-0.4, -0.2) is 45.7 Å². The predicted molar refractivity (Wildman–Crippen MR) is 110 cm³/mol. The van der Waals surface area contributed by atoms with Gasteiger partial charge in [-0.2, -0.15) is 0 Å². The standard InChI is InChI=1S/C19H31N3O4.ClH/c1-7-8-20-9-10-21-17(23)13-11-15(25-5)16(26-6)12-14(13)22-18(24)19(2,3)4;/h11-12,20H,7-10H2,1-6H3,(H,21,23)(H,22,24);1H. The molecule has 0 aliphatic heterocycles. The fourth-order valence-electron chi connectivity index (χ4n) is 2.14. The molecule has 0 unspecified atom stereocenters. The number of hydrogen-bond donors (Lipinski definition) is 3. The van der Waals surface area contributed by atoms with Crippen molar-refractivity contribution in [1.82, 2.24) is 10.6 Å². The highest BCUT2D eigenvalue weighted by Crippen LogP contribution is 2.34. The zero-order chi connectivity index (χ0) is 19.7. The van der Waals surface area contributed by atoms with E-state index in [1.807, 2.05) is 20.8 Å². The Morgan fingerprint density at radius 1 is 1.00 bits per heavy atom. The summed E-state index contributed by atoms with van der Waals surface area (Å²) in [6, 6.07) is 3.18. The fraction of sp³-hybridized carbons (Fsp3) is 0.579. The van der Waals surface area contributed by atoms with Crippen LogP contribution in [-0.2, 0) is 4.79 Å². The molecule has 0 saturated heterocycles. The van der Waals surface area contributed by atoms with Gasteiger partial charge in [-0.15, -0.1) is 12.4 Å². The van der Waals surface area contributed by atoms with Crippen LogP contribution in [0.4, 0.5) is 5.69 Å². The van der Waals surface area contributed by atoms with E-state index in [0.29, 0.717) is 35.8 Å². The molecule has 0 atom stereocenters. The van der Waals surface area contributed by atoms with Gasteiger partial charge in [0.1, 0.15) is 0 Å². The van der Waals surface area contributed by atoms with Crippen molar-refractivity contribution >= 4 is 29.9 Å². The lowest BCUT2D eigenvalue weighted by molar-refractivity contribution is -0.123. The molecule has 154 valence electrons. The van der Waals surface area contributed by atoms with Gasteiger partial charge in [-0.1, -0.05) is 27.7 Å². The summed E-state index contributed by atoms with van der Waals surface area (Å²) in [5.41, 5.74) is 0.127. The van der Waals surface area contributed by atoms with Crippen LogP contribution in [0.1, 0.15) is 44.5 Å². The van der Waals surface area contributed by atoms with Crippen LogP contribution in [0.15, 0.2) is 12.1 Å². The van der Waals surface area contributed by atoms with Crippen molar-refractivity contribution in [2.75, 3.05) is 39.2 Å². The van der Waals surface area contributed by atoms with Gasteiger partial charge in [0, 0.05) is 24.6 Å². The molecular formula is C19H32ClN3O4. The number of halogens is 1. The van der Waals surface area contributed by atoms with Crippen LogP contribution >= 0.6 is 12.4 Å². The summed E-state index contributed by atoms with van der Waals surface area (Å²) in [7, 11) is 3.01. The van der Waals surface area contributed by atoms with Crippen LogP contribution in [0.25, 0.3) is 0 Å². The molecule has 3 N–H and O–H groups in total. The Bertz CT molecular complexity index is 630. The van der Waals surface area contributed by atoms with Crippen LogP contribution in [0, 0.1) is 5.41 Å². The van der Waals surface area contributed by atoms with E-state index in [-0.39, 0.29) is 24.2 Å². The van der Waals surface area contributed by atoms with Gasteiger partial charge in [0.2, 0.25) is 5.91 Å². The Hall–Kier alpha value is -1.99. The van der Waals surface area contributed by atoms with Gasteiger partial charge in [0.05, 0.1) is 25.5 Å². The molecule has 0 saturated carbocycles. The van der Waals surface area contributed by atoms with Crippen molar-refractivity contribution < 1.29 is 19.1 Å². The Morgan fingerprint density at radius 2 is 1.59 bits per heavy atom. The minimum absolute atomic E-state index is 0. The number of methoxy groups -OCH3 is 2. The van der Waals surface area contributed by atoms with Crippen molar-refractivity contribution in [2.45, 2.75) is 34.1 Å². The summed E-state index contributed by atoms with van der Waals surface area (Å²) in [6.45, 7) is 9.57. The maximum Gasteiger partial charge on any atom is 0.253 e. The number of hydrogen-bond acceptors (Lipinski definition) is 5. The highest BCUT2D eigenvalue weighted by atomic mass is 35.5. The minimum atomic E-state index is -0.592. The molecule has 7 nitrogen and oxygen atoms in total. The third-order valence-corrected chi connectivity index (χ3v) is 3.71. The number of nitrogens with one attached hydrogen (secondary N) is 3. The molecule has 8 heteroatoms. The van der Waals surface area contributed by atoms with Gasteiger partial charge in [-0.25, -0.2) is 0 Å². The van der Waals surface area contributed by atoms with Gasteiger partial charge in [0.25, 0.3) is 5.91 Å². The molecule has 0 heterocycles. The van der Waals surface area contributed by atoms with E-state index in [1.54, 1.807) is 12.1 Å². The first-order valence-electron chi connectivity index (χ1n) is 8.81. The molecule has 27 heavy (non-hydrogen) atoms. The molecule has 0 spiro atoms. The minimum Gasteiger partial charge on any atom is -0.493 e. The molecule has 0 radical (unpaired) electrons. The average Bonchev–Trinajstić information content (AvgIpc) is 2.60. The summed E-state index contributed by atoms with van der Waals surface area (Å²) in [4.78, 5) is 25.0. The van der Waals surface area contributed by atoms with Crippen molar-refractivity contribution in [2.24, 2.45) is 5.41 Å². The van der Waals surface area contributed by atoms with Crippen molar-refractivity contribution in [3.8, 4) is 11.5 Å². The lowest BCUT2D eigenvalue weighted by Crippen LogP contribution is -2.33. The number of amides is 2. The summed E-state index contributed by atoms with van der Waals surface area (Å²) < 4.78 is 10.6. The summed E-state index contributed by atoms with van der Waals surface area (Å²) >= 11 is 0. The van der Waals surface area contributed by atoms with Crippen molar-refractivity contribution in [1.29, 1.82) is 0 Å². The highest BCUT2D eigenvalue weighted by molar-refractivity contribution is 6.05. The van der Waals surface area contributed by atoms with Crippen LogP contribution < -0.4 is 25.4 Å². The van der Waals surface area contributed by atoms with Crippen LogP contribution in [0.3, 0.4) is 0 Å². The predicted octanol–water partition coefficient (Wildman–Crippen LogP) is 2.84. The topological polar surface area (TPSA) is 88.7 Å². The lowest BCUT2D eigenvalue weighted by atomic mass is 9.95. The van der Waals surface area contributed by atoms with E-state index in [9.17, 15) is 9.59 Å². The van der Waals surface area contributed by atoms with Crippen LogP contribution in [0.5, 0.6) is 11.5 Å². The highest BCUT2D eigenvalue weighted by Gasteiger charge is 2.24. The first-order chi connectivity index (χ1) is 12.2. The fourth-order valence-corrected chi connectivity index (χ4v) is 2.14. The summed E-state index contributed by atoms with van der Waals surface area (Å²) in [5, 5.41) is 8.89. The van der Waals surface area contributed by atoms with E-state index in [2.05, 4.69) is 22.9 Å². The van der Waals surface area contributed by atoms with Gasteiger partial charge < -0.3 is 25.4 Å². The number of carbonyl (C=O) groups is 2. The molecule has 2 amide bonds. The SMILES string of the molecule is CCCNCCNC(=O)c1cc(OC)c(OC)cc1NC(=O)C(C)(C)C.Cl. The first kappa shape index (κ1) is 25.0. The lowest BCUT2D eigenvalue weighted by Gasteiger charge is -2.20. The Balaban J connectivity index is 0.00000676. The smallest absolute Gasteiger partial charge is 0.253 e. The maximum absolute atomic E-state index is 12.6. The Morgan fingerprint density at radius 3 is 2.11 bits per heavy atom. The molecule has 0 fully saturated rings. The molecule has 0 aromatic heterocycles. The van der Waals surface area contributed by atoms with E-state index >= 15 is 0 Å². The number of benzene rings is 1. The molecule has 0 aliphatic rings. The second kappa shape index (κ2) is 11.7. The largest absolute Gasteiger partial charge is 0.493 e. The quantitative estimate of drug-likeness (QED) is 0.554. The molecule has 0 aliphatic carbocycles. The molecule has 1 rings (SSSR count). The van der Waals surface area contributed by atoms with E-state index < -0.39 is 5.41 Å². The number of anilines is 1. The Labute approximate surface area is 168 Å². The second-order valence-corrected chi connectivity index (χ2v) is 6.96. The summed E-state index contributed by atoms with van der Waals surface area (Å²) in [6.07, 6.45) is 1.03. The van der Waals surface area contributed by atoms with Crippen molar-refractivity contribution in [3.63, 3.8) is 0 Å². The normalized spacial score (nSPS) is 10.6. The van der Waals surface area contributed by atoms with Crippen LogP contribution in [0.2, 0.25) is 0 Å². The zero-order valence-electron chi connectivity index (χ0n) is 17.0. The molecular weight excluding hydrogens is 370 g/mol. The Kier molecular flexibility index (Phi) is 10.8. The monoisotopic (exact) mass is 401 g/mol. The zero-order valence-corrected chi connectivity index (χ0v) is 17.8. The maximum atomic E-state index is 12.6. The van der Waals surface area contributed by atoms with E-state index in [0.717, 1.165) is 13.0 Å². The van der Waals surface area contributed by atoms with Gasteiger partial charge in [-0.3, -0.25) is 9.59 Å². The third-order valence-electron chi connectivity index (χ3n) is 3.71. The van der Waals surface area contributed by atoms with Crippen molar-refractivity contribution in [3.05, 3.63) is 17.7 Å². The van der Waals surface area contributed by atoms with E-state index in [1.165, 1.54) is 14.2 Å². The van der Waals surface area contributed by atoms with Gasteiger partial charge in [-0.05, 0) is 19.0 Å². The number of rotatable bonds is 9. The van der Waals surface area contributed by atoms with Gasteiger partial charge in [0.15, 0.2) is 11.5 Å². The second-order valence-electron chi connectivity index (χ2n) is 6.96. The number of ether oxygens (including phenoxy) is 2.